The summed E-state index contributed by atoms with van der Waals surface area (Å²) in [5.41, 5.74) is 7.87. The molecule has 1 heterocycles. The molecular formula is C32H41N3O5. The van der Waals surface area contributed by atoms with Crippen LogP contribution in [0.3, 0.4) is 0 Å². The Morgan fingerprint density at radius 1 is 0.925 bits per heavy atom. The minimum Gasteiger partial charge on any atom is -0.392 e. The summed E-state index contributed by atoms with van der Waals surface area (Å²) < 4.78 is 9.38. The van der Waals surface area contributed by atoms with E-state index in [1.165, 1.54) is 0 Å². The van der Waals surface area contributed by atoms with Crippen molar-refractivity contribution in [3.8, 4) is 0 Å². The molecule has 3 aromatic carbocycles. The highest BCUT2D eigenvalue weighted by Gasteiger charge is 2.32. The molecule has 0 aliphatic carbocycles. The van der Waals surface area contributed by atoms with Gasteiger partial charge in [0.2, 0.25) is 11.8 Å². The summed E-state index contributed by atoms with van der Waals surface area (Å²) in [6.07, 6.45) is 0.509. The Labute approximate surface area is 237 Å². The molecule has 8 nitrogen and oxygen atoms in total. The van der Waals surface area contributed by atoms with Gasteiger partial charge in [-0.3, -0.25) is 14.5 Å². The minimum absolute atomic E-state index is 0.0244. The Bertz CT molecular complexity index is 1110. The van der Waals surface area contributed by atoms with Gasteiger partial charge >= 0.3 is 0 Å². The maximum atomic E-state index is 14.0. The first kappa shape index (κ1) is 31.0. The van der Waals surface area contributed by atoms with Crippen LogP contribution in [0.15, 0.2) is 91.0 Å². The molecule has 1 fully saturated rings. The molecule has 2 unspecified atom stereocenters. The zero-order valence-electron chi connectivity index (χ0n) is 23.4. The Morgan fingerprint density at radius 3 is 1.90 bits per heavy atom. The van der Waals surface area contributed by atoms with Crippen molar-refractivity contribution in [1.29, 1.82) is 0 Å². The second-order valence-corrected chi connectivity index (χ2v) is 9.84. The van der Waals surface area contributed by atoms with Crippen LogP contribution < -0.4 is 5.73 Å². The van der Waals surface area contributed by atoms with Gasteiger partial charge < -0.3 is 25.2 Å². The number of ether oxygens (including phenoxy) is 2. The average molecular weight is 548 g/mol. The molecule has 0 bridgehead atoms. The van der Waals surface area contributed by atoms with E-state index < -0.39 is 5.91 Å². The van der Waals surface area contributed by atoms with Gasteiger partial charge in [0.15, 0.2) is 0 Å². The van der Waals surface area contributed by atoms with Gasteiger partial charge in [-0.2, -0.15) is 0 Å². The number of likely N-dealkylation sites (N-methyl/N-ethyl adjacent to an activating group) is 1. The number of nitrogens with zero attached hydrogens (tertiary/aromatic N) is 2. The number of aliphatic hydroxyl groups is 1. The van der Waals surface area contributed by atoms with Gasteiger partial charge in [0.1, 0.15) is 6.61 Å². The molecule has 3 N–H and O–H groups in total. The number of primary amides is 1. The molecule has 2 atom stereocenters. The lowest BCUT2D eigenvalue weighted by atomic mass is 9.89. The first-order valence-electron chi connectivity index (χ1n) is 13.6. The number of carbonyl (C=O) groups is 2. The van der Waals surface area contributed by atoms with Gasteiger partial charge in [-0.05, 0) is 23.1 Å². The summed E-state index contributed by atoms with van der Waals surface area (Å²) in [5.74, 6) is -0.736. The highest BCUT2D eigenvalue weighted by atomic mass is 16.5. The van der Waals surface area contributed by atoms with E-state index in [0.29, 0.717) is 26.3 Å². The lowest BCUT2D eigenvalue weighted by Gasteiger charge is -2.34. The predicted molar refractivity (Wildman–Crippen MR) is 156 cm³/mol. The van der Waals surface area contributed by atoms with Crippen molar-refractivity contribution in [2.45, 2.75) is 24.5 Å². The molecule has 0 spiro atoms. The molecule has 1 aliphatic heterocycles. The number of carbonyl (C=O) groups excluding carboxylic acids is 2. The van der Waals surface area contributed by atoms with Gasteiger partial charge in [-0.1, -0.05) is 91.0 Å². The summed E-state index contributed by atoms with van der Waals surface area (Å²) in [4.78, 5) is 28.1. The fourth-order valence-electron chi connectivity index (χ4n) is 4.79. The molecule has 4 rings (SSSR count). The molecule has 0 radical (unpaired) electrons. The van der Waals surface area contributed by atoms with Crippen molar-refractivity contribution in [3.05, 3.63) is 108 Å². The van der Waals surface area contributed by atoms with Crippen LogP contribution in [0, 0.1) is 0 Å². The smallest absolute Gasteiger partial charge is 0.243 e. The topological polar surface area (TPSA) is 105 Å². The van der Waals surface area contributed by atoms with Crippen molar-refractivity contribution < 1.29 is 24.2 Å². The van der Waals surface area contributed by atoms with Crippen LogP contribution in [0.2, 0.25) is 0 Å². The number of aliphatic hydroxyl groups excluding tert-OH is 1. The van der Waals surface area contributed by atoms with Gasteiger partial charge in [-0.15, -0.1) is 0 Å². The molecule has 2 amide bonds. The molecule has 3 aromatic rings. The van der Waals surface area contributed by atoms with Crippen molar-refractivity contribution >= 4 is 11.8 Å². The maximum absolute atomic E-state index is 14.0. The molecule has 0 aromatic heterocycles. The van der Waals surface area contributed by atoms with E-state index in [2.05, 4.69) is 21.8 Å². The molecule has 214 valence electrons. The largest absolute Gasteiger partial charge is 0.392 e. The molecule has 8 heteroatoms. The fourth-order valence-corrected chi connectivity index (χ4v) is 4.79. The molecule has 40 heavy (non-hydrogen) atoms. The van der Waals surface area contributed by atoms with Crippen LogP contribution in [0.1, 0.15) is 35.1 Å². The monoisotopic (exact) mass is 547 g/mol. The number of benzene rings is 3. The van der Waals surface area contributed by atoms with Crippen LogP contribution >= 0.6 is 0 Å². The lowest BCUT2D eigenvalue weighted by molar-refractivity contribution is -0.133. The summed E-state index contributed by atoms with van der Waals surface area (Å²) in [7, 11) is 3.47. The highest BCUT2D eigenvalue weighted by molar-refractivity contribution is 5.87. The molecular weight excluding hydrogens is 506 g/mol. The summed E-state index contributed by atoms with van der Waals surface area (Å²) >= 11 is 0. The third kappa shape index (κ3) is 9.57. The van der Waals surface area contributed by atoms with Crippen LogP contribution in [0.5, 0.6) is 0 Å². The number of hydrogen-bond acceptors (Lipinski definition) is 6. The molecule has 1 aliphatic rings. The third-order valence-electron chi connectivity index (χ3n) is 6.87. The number of methoxy groups -OCH3 is 1. The van der Waals surface area contributed by atoms with Crippen molar-refractivity contribution in [1.82, 2.24) is 9.80 Å². The van der Waals surface area contributed by atoms with Gasteiger partial charge in [0.25, 0.3) is 0 Å². The number of rotatable bonds is 12. The lowest BCUT2D eigenvalue weighted by Crippen LogP contribution is -2.41. The molecule has 0 saturated carbocycles. The Balaban J connectivity index is 0.000000424. The quantitative estimate of drug-likeness (QED) is 0.338. The van der Waals surface area contributed by atoms with Gasteiger partial charge in [0, 0.05) is 33.8 Å². The first-order valence-corrected chi connectivity index (χ1v) is 13.6. The normalized spacial score (nSPS) is 15.8. The van der Waals surface area contributed by atoms with Gasteiger partial charge in [0.05, 0.1) is 31.3 Å². The number of nitrogens with two attached hydrogens (primary N) is 1. The Kier molecular flexibility index (Phi) is 12.8. The maximum Gasteiger partial charge on any atom is 0.243 e. The highest BCUT2D eigenvalue weighted by Crippen LogP contribution is 2.31. The van der Waals surface area contributed by atoms with Crippen molar-refractivity contribution in [2.24, 2.45) is 5.73 Å². The average Bonchev–Trinajstić information content (AvgIpc) is 3.40. The minimum atomic E-state index is -0.453. The second-order valence-electron chi connectivity index (χ2n) is 9.84. The van der Waals surface area contributed by atoms with E-state index in [-0.39, 0.29) is 30.6 Å². The van der Waals surface area contributed by atoms with E-state index in [0.717, 1.165) is 29.7 Å². The first-order chi connectivity index (χ1) is 19.4. The van der Waals surface area contributed by atoms with Crippen molar-refractivity contribution in [2.75, 3.05) is 53.6 Å². The SMILES string of the molecule is CN(C(=O)C(c1ccccc1)c1ccccc1)C(CN1CCC(O)C1)c1ccccc1.COCCOCC(N)=O. The van der Waals surface area contributed by atoms with E-state index in [1.807, 2.05) is 90.8 Å². The number of likely N-dealkylation sites (tertiary alicyclic amines) is 1. The van der Waals surface area contributed by atoms with Crippen LogP contribution in [0.4, 0.5) is 0 Å². The van der Waals surface area contributed by atoms with Crippen LogP contribution in [0.25, 0.3) is 0 Å². The zero-order valence-corrected chi connectivity index (χ0v) is 23.4. The van der Waals surface area contributed by atoms with E-state index >= 15 is 0 Å². The third-order valence-corrected chi connectivity index (χ3v) is 6.87. The van der Waals surface area contributed by atoms with Crippen LogP contribution in [-0.2, 0) is 19.1 Å². The van der Waals surface area contributed by atoms with E-state index in [4.69, 9.17) is 10.5 Å². The van der Waals surface area contributed by atoms with E-state index in [1.54, 1.807) is 7.11 Å². The number of hydrogen-bond donors (Lipinski definition) is 2. The van der Waals surface area contributed by atoms with Crippen molar-refractivity contribution in [3.63, 3.8) is 0 Å². The fraction of sp³-hybridized carbons (Fsp3) is 0.375. The predicted octanol–water partition coefficient (Wildman–Crippen LogP) is 3.22. The standard InChI is InChI=1S/C27H30N2O2.C5H11NO3/c1-28(25(21-11-5-2-6-12-21)20-29-18-17-24(30)19-29)27(31)26(22-13-7-3-8-14-22)23-15-9-4-10-16-23;1-8-2-3-9-4-5(6)7/h2-16,24-26,30H,17-20H2,1H3;2-4H2,1H3,(H2,6,7). The summed E-state index contributed by atoms with van der Waals surface area (Å²) in [6, 6.07) is 30.1. The summed E-state index contributed by atoms with van der Waals surface area (Å²) in [5, 5.41) is 9.99. The Morgan fingerprint density at radius 2 is 1.45 bits per heavy atom. The number of β-amino-alcohol motifs (C(OH)–C–C–N with tert-alkyl or cyclic N) is 1. The van der Waals surface area contributed by atoms with E-state index in [9.17, 15) is 14.7 Å². The zero-order chi connectivity index (χ0) is 28.7. The number of amides is 2. The van der Waals surface area contributed by atoms with Gasteiger partial charge in [-0.25, -0.2) is 0 Å². The molecule has 1 saturated heterocycles. The van der Waals surface area contributed by atoms with Crippen LogP contribution in [-0.4, -0.2) is 86.4 Å². The second kappa shape index (κ2) is 16.5. The summed E-state index contributed by atoms with van der Waals surface area (Å²) in [6.45, 7) is 3.11. The Hall–Kier alpha value is -3.56.